The van der Waals surface area contributed by atoms with Gasteiger partial charge in [0.2, 0.25) is 5.91 Å². The van der Waals surface area contributed by atoms with Crippen LogP contribution in [0, 0.1) is 0 Å². The Morgan fingerprint density at radius 1 is 1.42 bits per heavy atom. The standard InChI is InChI=1S/C15H20N2O2/c1-15(2)9-19-13(8-16-15)10-4-5-12-11(6-10)7-14(18)17(12)3/h4-6,13,16H,7-9H2,1-3H3. The van der Waals surface area contributed by atoms with E-state index in [-0.39, 0.29) is 17.6 Å². The van der Waals surface area contributed by atoms with Crippen molar-refractivity contribution in [3.05, 3.63) is 29.3 Å². The minimum atomic E-state index is 0.0451. The molecule has 0 aliphatic carbocycles. The fraction of sp³-hybridized carbons (Fsp3) is 0.533. The lowest BCUT2D eigenvalue weighted by molar-refractivity contribution is -0.117. The average Bonchev–Trinajstić information content (AvgIpc) is 2.64. The van der Waals surface area contributed by atoms with Crippen LogP contribution in [-0.2, 0) is 16.0 Å². The topological polar surface area (TPSA) is 41.6 Å². The quantitative estimate of drug-likeness (QED) is 0.834. The lowest BCUT2D eigenvalue weighted by Crippen LogP contribution is -2.50. The molecule has 4 heteroatoms. The molecular weight excluding hydrogens is 240 g/mol. The van der Waals surface area contributed by atoms with Gasteiger partial charge in [-0.1, -0.05) is 12.1 Å². The van der Waals surface area contributed by atoms with Gasteiger partial charge in [-0.15, -0.1) is 0 Å². The summed E-state index contributed by atoms with van der Waals surface area (Å²) in [7, 11) is 1.83. The normalized spacial score (nSPS) is 25.5. The summed E-state index contributed by atoms with van der Waals surface area (Å²) >= 11 is 0. The highest BCUT2D eigenvalue weighted by Crippen LogP contribution is 2.32. The van der Waals surface area contributed by atoms with Crippen LogP contribution < -0.4 is 10.2 Å². The Morgan fingerprint density at radius 3 is 2.89 bits per heavy atom. The minimum Gasteiger partial charge on any atom is -0.370 e. The lowest BCUT2D eigenvalue weighted by Gasteiger charge is -2.36. The molecule has 2 aliphatic rings. The molecule has 1 aromatic carbocycles. The van der Waals surface area contributed by atoms with Crippen molar-refractivity contribution in [2.45, 2.75) is 31.9 Å². The Morgan fingerprint density at radius 2 is 2.21 bits per heavy atom. The Balaban J connectivity index is 1.81. The summed E-state index contributed by atoms with van der Waals surface area (Å²) in [6.07, 6.45) is 0.588. The molecule has 0 aromatic heterocycles. The number of benzene rings is 1. The summed E-state index contributed by atoms with van der Waals surface area (Å²) in [6, 6.07) is 6.21. The van der Waals surface area contributed by atoms with E-state index in [4.69, 9.17) is 4.74 Å². The van der Waals surface area contributed by atoms with Crippen LogP contribution in [0.1, 0.15) is 31.1 Å². The maximum absolute atomic E-state index is 11.7. The first kappa shape index (κ1) is 12.6. The molecule has 0 spiro atoms. The molecule has 1 saturated heterocycles. The number of nitrogens with one attached hydrogen (secondary N) is 1. The second-order valence-electron chi connectivity index (χ2n) is 6.08. The van der Waals surface area contributed by atoms with Gasteiger partial charge < -0.3 is 15.0 Å². The highest BCUT2D eigenvalue weighted by atomic mass is 16.5. The fourth-order valence-electron chi connectivity index (χ4n) is 2.69. The van der Waals surface area contributed by atoms with Crippen molar-refractivity contribution in [2.24, 2.45) is 0 Å². The third-order valence-electron chi connectivity index (χ3n) is 3.96. The number of amides is 1. The van der Waals surface area contributed by atoms with Crippen LogP contribution in [-0.4, -0.2) is 31.6 Å². The Labute approximate surface area is 113 Å². The van der Waals surface area contributed by atoms with E-state index in [0.29, 0.717) is 13.0 Å². The smallest absolute Gasteiger partial charge is 0.231 e. The third kappa shape index (κ3) is 2.26. The van der Waals surface area contributed by atoms with Gasteiger partial charge in [0.05, 0.1) is 19.1 Å². The second kappa shape index (κ2) is 4.32. The van der Waals surface area contributed by atoms with Gasteiger partial charge in [-0.3, -0.25) is 4.79 Å². The minimum absolute atomic E-state index is 0.0451. The van der Waals surface area contributed by atoms with Gasteiger partial charge >= 0.3 is 0 Å². The SMILES string of the molecule is CN1C(=O)Cc2cc(C3CNC(C)(C)CO3)ccc21. The maximum Gasteiger partial charge on any atom is 0.231 e. The van der Waals surface area contributed by atoms with E-state index in [1.54, 1.807) is 4.90 Å². The highest BCUT2D eigenvalue weighted by molar-refractivity contribution is 6.00. The van der Waals surface area contributed by atoms with E-state index in [1.165, 1.54) is 0 Å². The van der Waals surface area contributed by atoms with Crippen molar-refractivity contribution < 1.29 is 9.53 Å². The average molecular weight is 260 g/mol. The summed E-state index contributed by atoms with van der Waals surface area (Å²) in [5, 5.41) is 3.49. The summed E-state index contributed by atoms with van der Waals surface area (Å²) in [6.45, 7) is 5.79. The Hall–Kier alpha value is -1.39. The van der Waals surface area contributed by atoms with Crippen molar-refractivity contribution in [1.82, 2.24) is 5.32 Å². The predicted octanol–water partition coefficient (Wildman–Crippen LogP) is 1.64. The summed E-state index contributed by atoms with van der Waals surface area (Å²) in [5.41, 5.74) is 3.34. The largest absolute Gasteiger partial charge is 0.370 e. The number of fused-ring (bicyclic) bond motifs is 1. The number of carbonyl (C=O) groups is 1. The molecule has 1 aromatic rings. The van der Waals surface area contributed by atoms with Gasteiger partial charge in [0, 0.05) is 24.8 Å². The summed E-state index contributed by atoms with van der Waals surface area (Å²) in [5.74, 6) is 0.163. The summed E-state index contributed by atoms with van der Waals surface area (Å²) in [4.78, 5) is 13.4. The Bertz CT molecular complexity index is 515. The molecule has 0 saturated carbocycles. The predicted molar refractivity (Wildman–Crippen MR) is 74.3 cm³/mol. The molecule has 0 bridgehead atoms. The fourth-order valence-corrected chi connectivity index (χ4v) is 2.69. The molecule has 1 fully saturated rings. The van der Waals surface area contributed by atoms with Gasteiger partial charge in [-0.05, 0) is 31.0 Å². The summed E-state index contributed by atoms with van der Waals surface area (Å²) < 4.78 is 5.93. The van der Waals surface area contributed by atoms with Gasteiger partial charge in [0.15, 0.2) is 0 Å². The van der Waals surface area contributed by atoms with Crippen molar-refractivity contribution in [1.29, 1.82) is 0 Å². The van der Waals surface area contributed by atoms with E-state index < -0.39 is 0 Å². The van der Waals surface area contributed by atoms with Crippen LogP contribution in [0.3, 0.4) is 0 Å². The third-order valence-corrected chi connectivity index (χ3v) is 3.96. The first-order valence-corrected chi connectivity index (χ1v) is 6.72. The first-order chi connectivity index (χ1) is 8.96. The van der Waals surface area contributed by atoms with Crippen LogP contribution in [0.15, 0.2) is 18.2 Å². The molecule has 0 radical (unpaired) electrons. The van der Waals surface area contributed by atoms with E-state index in [1.807, 2.05) is 13.1 Å². The Kier molecular flexibility index (Phi) is 2.87. The van der Waals surface area contributed by atoms with Crippen LogP contribution in [0.4, 0.5) is 5.69 Å². The molecule has 3 rings (SSSR count). The van der Waals surface area contributed by atoms with Gasteiger partial charge in [0.1, 0.15) is 0 Å². The molecule has 1 amide bonds. The van der Waals surface area contributed by atoms with Crippen molar-refractivity contribution in [2.75, 3.05) is 25.1 Å². The molecular formula is C15H20N2O2. The van der Waals surface area contributed by atoms with Crippen molar-refractivity contribution >= 4 is 11.6 Å². The van der Waals surface area contributed by atoms with Crippen LogP contribution in [0.25, 0.3) is 0 Å². The first-order valence-electron chi connectivity index (χ1n) is 6.72. The monoisotopic (exact) mass is 260 g/mol. The number of hydrogen-bond acceptors (Lipinski definition) is 3. The molecule has 2 heterocycles. The van der Waals surface area contributed by atoms with Crippen molar-refractivity contribution in [3.8, 4) is 0 Å². The van der Waals surface area contributed by atoms with Crippen LogP contribution in [0.5, 0.6) is 0 Å². The zero-order chi connectivity index (χ0) is 13.6. The number of carbonyl (C=O) groups excluding carboxylic acids is 1. The van der Waals surface area contributed by atoms with Crippen LogP contribution in [0.2, 0.25) is 0 Å². The number of anilines is 1. The van der Waals surface area contributed by atoms with Gasteiger partial charge in [-0.25, -0.2) is 0 Å². The molecule has 1 atom stereocenters. The molecule has 4 nitrogen and oxygen atoms in total. The number of likely N-dealkylation sites (N-methyl/N-ethyl adjacent to an activating group) is 1. The van der Waals surface area contributed by atoms with E-state index in [2.05, 4.69) is 31.3 Å². The number of hydrogen-bond donors (Lipinski definition) is 1. The van der Waals surface area contributed by atoms with Gasteiger partial charge in [-0.2, -0.15) is 0 Å². The zero-order valence-electron chi connectivity index (χ0n) is 11.7. The molecule has 19 heavy (non-hydrogen) atoms. The lowest BCUT2D eigenvalue weighted by atomic mass is 9.99. The molecule has 2 aliphatic heterocycles. The van der Waals surface area contributed by atoms with E-state index >= 15 is 0 Å². The molecule has 1 N–H and O–H groups in total. The number of rotatable bonds is 1. The molecule has 1 unspecified atom stereocenters. The van der Waals surface area contributed by atoms with Crippen molar-refractivity contribution in [3.63, 3.8) is 0 Å². The number of nitrogens with zero attached hydrogens (tertiary/aromatic N) is 1. The second-order valence-corrected chi connectivity index (χ2v) is 6.08. The zero-order valence-corrected chi connectivity index (χ0v) is 11.7. The number of morpholine rings is 1. The van der Waals surface area contributed by atoms with Gasteiger partial charge in [0.25, 0.3) is 0 Å². The van der Waals surface area contributed by atoms with E-state index in [0.717, 1.165) is 23.4 Å². The number of ether oxygens (including phenoxy) is 1. The van der Waals surface area contributed by atoms with Crippen LogP contribution >= 0.6 is 0 Å². The maximum atomic E-state index is 11.7. The highest BCUT2D eigenvalue weighted by Gasteiger charge is 2.29. The van der Waals surface area contributed by atoms with E-state index in [9.17, 15) is 4.79 Å². The molecule has 102 valence electrons.